The predicted octanol–water partition coefficient (Wildman–Crippen LogP) is 13.2. The molecule has 4 heterocycles. The van der Waals surface area contributed by atoms with E-state index in [1.54, 1.807) is 12.4 Å². The zero-order valence-electron chi connectivity index (χ0n) is 30.4. The Morgan fingerprint density at radius 1 is 0.286 bits per heavy atom. The summed E-state index contributed by atoms with van der Waals surface area (Å²) in [5.41, 5.74) is 15.4. The Morgan fingerprint density at radius 2 is 0.804 bits per heavy atom. The van der Waals surface area contributed by atoms with Crippen LogP contribution in [0.1, 0.15) is 0 Å². The van der Waals surface area contributed by atoms with Crippen molar-refractivity contribution in [2.24, 2.45) is 0 Å². The van der Waals surface area contributed by atoms with Gasteiger partial charge in [-0.15, -0.1) is 0 Å². The molecular weight excluding hydrogens is 681 g/mol. The van der Waals surface area contributed by atoms with Gasteiger partial charge in [0.05, 0.1) is 34.0 Å². The van der Waals surface area contributed by atoms with Gasteiger partial charge in [-0.1, -0.05) is 140 Å². The van der Waals surface area contributed by atoms with Gasteiger partial charge in [0.15, 0.2) is 0 Å². The van der Waals surface area contributed by atoms with Crippen molar-refractivity contribution in [1.29, 1.82) is 0 Å². The van der Waals surface area contributed by atoms with Crippen LogP contribution in [-0.4, -0.2) is 19.9 Å². The molecule has 6 aromatic carbocycles. The van der Waals surface area contributed by atoms with E-state index in [-0.39, 0.29) is 0 Å². The molecule has 0 unspecified atom stereocenters. The third-order valence-corrected chi connectivity index (χ3v) is 10.4. The second-order valence-electron chi connectivity index (χ2n) is 13.9. The van der Waals surface area contributed by atoms with Crippen molar-refractivity contribution < 1.29 is 0 Å². The predicted molar refractivity (Wildman–Crippen MR) is 231 cm³/mol. The minimum atomic E-state index is 0.806. The van der Waals surface area contributed by atoms with Gasteiger partial charge in [-0.25, -0.2) is 9.97 Å². The summed E-state index contributed by atoms with van der Waals surface area (Å²) in [6.07, 6.45) is 3.60. The minimum absolute atomic E-state index is 0.806. The summed E-state index contributed by atoms with van der Waals surface area (Å²) in [6.45, 7) is 0. The monoisotopic (exact) mass is 714 g/mol. The van der Waals surface area contributed by atoms with Gasteiger partial charge in [-0.2, -0.15) is 0 Å². The number of rotatable bonds is 7. The summed E-state index contributed by atoms with van der Waals surface area (Å²) in [6, 6.07) is 68.0. The quantitative estimate of drug-likeness (QED) is 0.154. The number of benzene rings is 6. The lowest BCUT2D eigenvalue weighted by molar-refractivity contribution is 1.22. The molecular formula is C52H34N4. The summed E-state index contributed by atoms with van der Waals surface area (Å²) in [4.78, 5) is 19.6. The second-order valence-corrected chi connectivity index (χ2v) is 13.9. The number of nitrogens with zero attached hydrogens (tertiary/aromatic N) is 4. The van der Waals surface area contributed by atoms with Gasteiger partial charge >= 0.3 is 0 Å². The fourth-order valence-corrected chi connectivity index (χ4v) is 7.65. The summed E-state index contributed by atoms with van der Waals surface area (Å²) in [5, 5.41) is 3.50. The fourth-order valence-electron chi connectivity index (χ4n) is 7.65. The van der Waals surface area contributed by atoms with E-state index >= 15 is 0 Å². The second kappa shape index (κ2) is 14.3. The first-order chi connectivity index (χ1) is 27.7. The number of aromatic nitrogens is 4. The lowest BCUT2D eigenvalue weighted by atomic mass is 9.91. The summed E-state index contributed by atoms with van der Waals surface area (Å²) < 4.78 is 0. The summed E-state index contributed by atoms with van der Waals surface area (Å²) in [7, 11) is 0. The van der Waals surface area contributed by atoms with E-state index in [9.17, 15) is 0 Å². The zero-order valence-corrected chi connectivity index (χ0v) is 30.4. The van der Waals surface area contributed by atoms with Crippen LogP contribution in [0.2, 0.25) is 0 Å². The third kappa shape index (κ3) is 6.29. The van der Waals surface area contributed by atoms with Crippen LogP contribution in [0.4, 0.5) is 0 Å². The molecule has 0 N–H and O–H groups in total. The van der Waals surface area contributed by atoms with Gasteiger partial charge in [-0.3, -0.25) is 9.97 Å². The molecule has 10 aromatic rings. The molecule has 4 aromatic heterocycles. The Balaban J connectivity index is 1.07. The number of fused-ring (bicyclic) bond motifs is 3. The van der Waals surface area contributed by atoms with Gasteiger partial charge in [0, 0.05) is 34.1 Å². The van der Waals surface area contributed by atoms with Crippen molar-refractivity contribution in [2.45, 2.75) is 0 Å². The molecule has 0 aliphatic carbocycles. The average molecular weight is 715 g/mol. The van der Waals surface area contributed by atoms with Crippen molar-refractivity contribution in [2.75, 3.05) is 0 Å². The molecule has 0 amide bonds. The summed E-state index contributed by atoms with van der Waals surface area (Å²) in [5.74, 6) is 0. The average Bonchev–Trinajstić information content (AvgIpc) is 3.29. The Bertz CT molecular complexity index is 2940. The van der Waals surface area contributed by atoms with E-state index in [0.29, 0.717) is 0 Å². The van der Waals surface area contributed by atoms with Crippen LogP contribution in [0.15, 0.2) is 207 Å². The maximum absolute atomic E-state index is 5.36. The van der Waals surface area contributed by atoms with Gasteiger partial charge in [0.25, 0.3) is 0 Å². The van der Waals surface area contributed by atoms with Crippen molar-refractivity contribution in [3.8, 4) is 78.5 Å². The first-order valence-corrected chi connectivity index (χ1v) is 18.8. The maximum Gasteiger partial charge on any atom is 0.0900 e. The van der Waals surface area contributed by atoms with E-state index in [4.69, 9.17) is 9.97 Å². The molecule has 262 valence electrons. The molecule has 0 spiro atoms. The van der Waals surface area contributed by atoms with E-state index < -0.39 is 0 Å². The highest BCUT2D eigenvalue weighted by atomic mass is 14.8. The Morgan fingerprint density at radius 3 is 1.39 bits per heavy atom. The van der Waals surface area contributed by atoms with Gasteiger partial charge in [0.2, 0.25) is 0 Å². The molecule has 4 nitrogen and oxygen atoms in total. The number of hydrogen-bond acceptors (Lipinski definition) is 4. The van der Waals surface area contributed by atoms with Crippen LogP contribution in [0, 0.1) is 0 Å². The van der Waals surface area contributed by atoms with Crippen LogP contribution in [0.25, 0.3) is 100 Å². The van der Waals surface area contributed by atoms with Crippen molar-refractivity contribution in [1.82, 2.24) is 19.9 Å². The lowest BCUT2D eigenvalue weighted by Crippen LogP contribution is -1.94. The molecule has 0 aliphatic heterocycles. The van der Waals surface area contributed by atoms with Gasteiger partial charge in [0.1, 0.15) is 0 Å². The minimum Gasteiger partial charge on any atom is -0.255 e. The Hall–Kier alpha value is -7.56. The highest BCUT2D eigenvalue weighted by Crippen LogP contribution is 2.40. The van der Waals surface area contributed by atoms with Crippen molar-refractivity contribution in [3.05, 3.63) is 207 Å². The normalized spacial score (nSPS) is 11.2. The molecule has 0 bridgehead atoms. The molecule has 0 atom stereocenters. The summed E-state index contributed by atoms with van der Waals surface area (Å²) >= 11 is 0. The molecule has 0 fully saturated rings. The lowest BCUT2D eigenvalue weighted by Gasteiger charge is -2.15. The largest absolute Gasteiger partial charge is 0.255 e. The van der Waals surface area contributed by atoms with Crippen LogP contribution >= 0.6 is 0 Å². The molecule has 0 radical (unpaired) electrons. The third-order valence-electron chi connectivity index (χ3n) is 10.4. The van der Waals surface area contributed by atoms with Crippen molar-refractivity contribution in [3.63, 3.8) is 0 Å². The van der Waals surface area contributed by atoms with E-state index in [1.807, 2.05) is 36.4 Å². The number of hydrogen-bond donors (Lipinski definition) is 0. The van der Waals surface area contributed by atoms with Crippen LogP contribution in [-0.2, 0) is 0 Å². The van der Waals surface area contributed by atoms with Crippen molar-refractivity contribution >= 4 is 21.7 Å². The molecule has 0 saturated heterocycles. The smallest absolute Gasteiger partial charge is 0.0900 e. The molecule has 10 rings (SSSR count). The Labute approximate surface area is 325 Å². The molecule has 56 heavy (non-hydrogen) atoms. The molecule has 0 saturated carbocycles. The first-order valence-electron chi connectivity index (χ1n) is 18.8. The highest BCUT2D eigenvalue weighted by Gasteiger charge is 2.16. The molecule has 4 heteroatoms. The van der Waals surface area contributed by atoms with Gasteiger partial charge < -0.3 is 0 Å². The van der Waals surface area contributed by atoms with Crippen LogP contribution < -0.4 is 0 Å². The van der Waals surface area contributed by atoms with Crippen LogP contribution in [0.5, 0.6) is 0 Å². The molecule has 0 aliphatic rings. The zero-order chi connectivity index (χ0) is 37.3. The maximum atomic E-state index is 5.36. The Kier molecular flexibility index (Phi) is 8.47. The van der Waals surface area contributed by atoms with Crippen LogP contribution in [0.3, 0.4) is 0 Å². The standard InChI is InChI=1S/C52H34N4/c1-3-14-35(15-4-1)43-22-13-23-45-51(43)44-27-26-41(32-48(44)56-52(45)36-16-5-2-6-17-36)39-20-11-18-37(30-39)38-19-12-21-40(31-38)42-33-49(46-24-7-9-28-53-46)55-50(34-42)47-25-8-10-29-54-47/h1-34H. The van der Waals surface area contributed by atoms with E-state index in [0.717, 1.165) is 83.7 Å². The van der Waals surface area contributed by atoms with Gasteiger partial charge in [-0.05, 0) is 99.1 Å². The number of pyridine rings is 4. The fraction of sp³-hybridized carbons (Fsp3) is 0. The van der Waals surface area contributed by atoms with E-state index in [2.05, 4.69) is 168 Å². The topological polar surface area (TPSA) is 51.6 Å². The highest BCUT2D eigenvalue weighted by molar-refractivity contribution is 6.17. The van der Waals surface area contributed by atoms with E-state index in [1.165, 1.54) is 16.5 Å². The SMILES string of the molecule is c1ccc(-c2nc3cc(-c4cccc(-c5cccc(-c6cc(-c7ccccn7)nc(-c7ccccn7)c6)c5)c4)ccc3c3c(-c4ccccc4)cccc23)cc1. The first kappa shape index (κ1) is 33.0.